The molecule has 0 saturated heterocycles. The Morgan fingerprint density at radius 3 is 2.87 bits per heavy atom. The van der Waals surface area contributed by atoms with Crippen LogP contribution in [0.4, 0.5) is 10.6 Å². The number of rotatable bonds is 4. The fourth-order valence-corrected chi connectivity index (χ4v) is 2.29. The Morgan fingerprint density at radius 1 is 1.30 bits per heavy atom. The van der Waals surface area contributed by atoms with Crippen molar-refractivity contribution < 1.29 is 4.79 Å². The molecule has 0 fully saturated rings. The van der Waals surface area contributed by atoms with Gasteiger partial charge in [0.25, 0.3) is 0 Å². The smallest absolute Gasteiger partial charge is 0.320 e. The molecule has 118 valence electrons. The highest BCUT2D eigenvalue weighted by molar-refractivity contribution is 5.87. The summed E-state index contributed by atoms with van der Waals surface area (Å²) in [4.78, 5) is 11.8. The number of benzene rings is 1. The van der Waals surface area contributed by atoms with Crippen LogP contribution in [0.2, 0.25) is 0 Å². The Balaban J connectivity index is 1.66. The largest absolute Gasteiger partial charge is 0.334 e. The van der Waals surface area contributed by atoms with Gasteiger partial charge in [-0.2, -0.15) is 15.4 Å². The SMILES string of the molecule is Cc1cc(C)n(-c2cccc(CNC(=O)Nc3cn[nH]n3)c2)n1. The molecular formula is C15H17N7O. The summed E-state index contributed by atoms with van der Waals surface area (Å²) in [5.74, 6) is 0.374. The lowest BCUT2D eigenvalue weighted by Gasteiger charge is -2.09. The molecule has 0 saturated carbocycles. The fourth-order valence-electron chi connectivity index (χ4n) is 2.29. The average Bonchev–Trinajstić information content (AvgIpc) is 3.15. The minimum Gasteiger partial charge on any atom is -0.334 e. The first-order chi connectivity index (χ1) is 11.1. The number of aromatic nitrogens is 5. The first-order valence-electron chi connectivity index (χ1n) is 7.15. The van der Waals surface area contributed by atoms with Crippen LogP contribution in [-0.2, 0) is 6.54 Å². The maximum atomic E-state index is 11.8. The topological polar surface area (TPSA) is 101 Å². The third kappa shape index (κ3) is 3.54. The zero-order valence-corrected chi connectivity index (χ0v) is 12.9. The second kappa shape index (κ2) is 6.30. The second-order valence-electron chi connectivity index (χ2n) is 5.17. The number of carbonyl (C=O) groups excluding carboxylic acids is 1. The Labute approximate surface area is 132 Å². The van der Waals surface area contributed by atoms with Gasteiger partial charge in [-0.15, -0.1) is 5.10 Å². The van der Waals surface area contributed by atoms with Gasteiger partial charge in [0.2, 0.25) is 0 Å². The van der Waals surface area contributed by atoms with E-state index in [2.05, 4.69) is 31.1 Å². The molecule has 0 atom stereocenters. The quantitative estimate of drug-likeness (QED) is 0.685. The van der Waals surface area contributed by atoms with E-state index in [1.54, 1.807) is 0 Å². The van der Waals surface area contributed by atoms with Gasteiger partial charge < -0.3 is 5.32 Å². The number of amides is 2. The lowest BCUT2D eigenvalue weighted by atomic mass is 10.2. The second-order valence-corrected chi connectivity index (χ2v) is 5.17. The lowest BCUT2D eigenvalue weighted by Crippen LogP contribution is -2.28. The van der Waals surface area contributed by atoms with Crippen molar-refractivity contribution in [3.63, 3.8) is 0 Å². The van der Waals surface area contributed by atoms with Gasteiger partial charge in [0, 0.05) is 12.2 Å². The number of urea groups is 1. The molecule has 0 radical (unpaired) electrons. The molecule has 8 nitrogen and oxygen atoms in total. The summed E-state index contributed by atoms with van der Waals surface area (Å²) in [6.45, 7) is 4.37. The zero-order chi connectivity index (χ0) is 16.2. The van der Waals surface area contributed by atoms with Crippen molar-refractivity contribution in [2.45, 2.75) is 20.4 Å². The van der Waals surface area contributed by atoms with Crippen molar-refractivity contribution in [2.24, 2.45) is 0 Å². The number of nitrogens with one attached hydrogen (secondary N) is 3. The molecule has 3 N–H and O–H groups in total. The van der Waals surface area contributed by atoms with Gasteiger partial charge in [-0.3, -0.25) is 5.32 Å². The van der Waals surface area contributed by atoms with E-state index in [0.717, 1.165) is 22.6 Å². The number of aryl methyl sites for hydroxylation is 2. The summed E-state index contributed by atoms with van der Waals surface area (Å²) in [5.41, 5.74) is 3.98. The summed E-state index contributed by atoms with van der Waals surface area (Å²) in [5, 5.41) is 19.6. The fraction of sp³-hybridized carbons (Fsp3) is 0.200. The maximum Gasteiger partial charge on any atom is 0.320 e. The van der Waals surface area contributed by atoms with Crippen LogP contribution in [-0.4, -0.2) is 31.2 Å². The minimum atomic E-state index is -0.338. The molecule has 0 aliphatic rings. The Bertz CT molecular complexity index is 807. The van der Waals surface area contributed by atoms with E-state index in [-0.39, 0.29) is 6.03 Å². The number of hydrogen-bond acceptors (Lipinski definition) is 4. The van der Waals surface area contributed by atoms with E-state index in [9.17, 15) is 4.79 Å². The van der Waals surface area contributed by atoms with E-state index in [4.69, 9.17) is 0 Å². The molecule has 3 aromatic rings. The van der Waals surface area contributed by atoms with Crippen molar-refractivity contribution in [2.75, 3.05) is 5.32 Å². The van der Waals surface area contributed by atoms with Crippen LogP contribution in [0.25, 0.3) is 5.69 Å². The normalized spacial score (nSPS) is 10.5. The van der Waals surface area contributed by atoms with Crippen LogP contribution < -0.4 is 10.6 Å². The molecule has 2 amide bonds. The molecule has 2 aromatic heterocycles. The van der Waals surface area contributed by atoms with Crippen molar-refractivity contribution in [3.05, 3.63) is 53.5 Å². The van der Waals surface area contributed by atoms with Gasteiger partial charge in [-0.05, 0) is 37.6 Å². The van der Waals surface area contributed by atoms with E-state index in [0.29, 0.717) is 12.4 Å². The summed E-state index contributed by atoms with van der Waals surface area (Å²) in [7, 11) is 0. The molecule has 23 heavy (non-hydrogen) atoms. The number of aromatic amines is 1. The third-order valence-electron chi connectivity index (χ3n) is 3.27. The van der Waals surface area contributed by atoms with E-state index < -0.39 is 0 Å². The highest BCUT2D eigenvalue weighted by Crippen LogP contribution is 2.13. The van der Waals surface area contributed by atoms with Gasteiger partial charge in [-0.25, -0.2) is 9.48 Å². The number of carbonyl (C=O) groups is 1. The number of hydrogen-bond donors (Lipinski definition) is 3. The van der Waals surface area contributed by atoms with Crippen LogP contribution in [0.5, 0.6) is 0 Å². The van der Waals surface area contributed by atoms with Crippen LogP contribution in [0.15, 0.2) is 36.5 Å². The van der Waals surface area contributed by atoms with Crippen LogP contribution >= 0.6 is 0 Å². The first kappa shape index (κ1) is 14.8. The Kier molecular flexibility index (Phi) is 4.05. The van der Waals surface area contributed by atoms with Gasteiger partial charge in [0.15, 0.2) is 5.82 Å². The number of nitrogens with zero attached hydrogens (tertiary/aromatic N) is 4. The third-order valence-corrected chi connectivity index (χ3v) is 3.27. The molecule has 0 aliphatic heterocycles. The monoisotopic (exact) mass is 311 g/mol. The summed E-state index contributed by atoms with van der Waals surface area (Å²) < 4.78 is 1.88. The summed E-state index contributed by atoms with van der Waals surface area (Å²) in [6, 6.07) is 9.56. The summed E-state index contributed by atoms with van der Waals surface area (Å²) >= 11 is 0. The molecule has 0 spiro atoms. The van der Waals surface area contributed by atoms with Crippen molar-refractivity contribution in [1.29, 1.82) is 0 Å². The molecular weight excluding hydrogens is 294 g/mol. The molecule has 0 bridgehead atoms. The highest BCUT2D eigenvalue weighted by Gasteiger charge is 2.06. The number of H-pyrrole nitrogens is 1. The molecule has 0 aliphatic carbocycles. The molecule has 0 unspecified atom stereocenters. The summed E-state index contributed by atoms with van der Waals surface area (Å²) in [6.07, 6.45) is 1.43. The standard InChI is InChI=1S/C15H17N7O/c1-10-6-11(2)22(20-10)13-5-3-4-12(7-13)8-16-15(23)18-14-9-17-21-19-14/h3-7,9H,8H2,1-2H3,(H3,16,17,18,19,21,23). The van der Waals surface area contributed by atoms with Crippen molar-refractivity contribution in [3.8, 4) is 5.69 Å². The van der Waals surface area contributed by atoms with Crippen LogP contribution in [0.3, 0.4) is 0 Å². The maximum absolute atomic E-state index is 11.8. The Hall–Kier alpha value is -3.16. The van der Waals surface area contributed by atoms with Gasteiger partial charge in [0.05, 0.1) is 17.6 Å². The van der Waals surface area contributed by atoms with Crippen LogP contribution in [0.1, 0.15) is 17.0 Å². The van der Waals surface area contributed by atoms with Gasteiger partial charge >= 0.3 is 6.03 Å². The Morgan fingerprint density at radius 2 is 2.17 bits per heavy atom. The minimum absolute atomic E-state index is 0.338. The zero-order valence-electron chi connectivity index (χ0n) is 12.9. The lowest BCUT2D eigenvalue weighted by molar-refractivity contribution is 0.251. The molecule has 1 aromatic carbocycles. The molecule has 3 rings (SSSR count). The van der Waals surface area contributed by atoms with E-state index in [1.165, 1.54) is 6.20 Å². The van der Waals surface area contributed by atoms with E-state index in [1.807, 2.05) is 48.9 Å². The van der Waals surface area contributed by atoms with Crippen molar-refractivity contribution >= 4 is 11.8 Å². The van der Waals surface area contributed by atoms with Gasteiger partial charge in [-0.1, -0.05) is 12.1 Å². The first-order valence-corrected chi connectivity index (χ1v) is 7.15. The van der Waals surface area contributed by atoms with Crippen LogP contribution in [0, 0.1) is 13.8 Å². The van der Waals surface area contributed by atoms with E-state index >= 15 is 0 Å². The number of anilines is 1. The highest BCUT2D eigenvalue weighted by atomic mass is 16.2. The predicted octanol–water partition coefficient (Wildman–Crippen LogP) is 1.93. The molecule has 8 heteroatoms. The average molecular weight is 311 g/mol. The molecule has 2 heterocycles. The predicted molar refractivity (Wildman–Crippen MR) is 85.3 cm³/mol. The van der Waals surface area contributed by atoms with Gasteiger partial charge in [0.1, 0.15) is 0 Å². The van der Waals surface area contributed by atoms with Crippen molar-refractivity contribution in [1.82, 2.24) is 30.5 Å².